The number of ether oxygens (including phenoxy) is 3. The summed E-state index contributed by atoms with van der Waals surface area (Å²) in [6.45, 7) is 0. The Morgan fingerprint density at radius 1 is 0.824 bits per heavy atom. The molecule has 0 atom stereocenters. The first-order chi connectivity index (χ1) is 16.3. The molecule has 0 bridgehead atoms. The summed E-state index contributed by atoms with van der Waals surface area (Å²) in [5.74, 6) is 0.447. The Morgan fingerprint density at radius 3 is 2.06 bits per heavy atom. The summed E-state index contributed by atoms with van der Waals surface area (Å²) in [4.78, 5) is 22.3. The molecule has 3 aromatic rings. The van der Waals surface area contributed by atoms with Gasteiger partial charge in [0.1, 0.15) is 17.2 Å². The van der Waals surface area contributed by atoms with Crippen LogP contribution in [0.15, 0.2) is 66.7 Å². The zero-order valence-corrected chi connectivity index (χ0v) is 19.0. The summed E-state index contributed by atoms with van der Waals surface area (Å²) in [5, 5.41) is 27.3. The molecule has 3 N–H and O–H groups in total. The Kier molecular flexibility index (Phi) is 9.52. The average Bonchev–Trinajstić information content (AvgIpc) is 2.83. The maximum atomic E-state index is 12.0. The highest BCUT2D eigenvalue weighted by Gasteiger charge is 2.12. The Hall–Kier alpha value is -4.46. The molecule has 0 spiro atoms. The lowest BCUT2D eigenvalue weighted by Gasteiger charge is -2.07. The number of phenols is 2. The number of carboxylic acid groups (broad SMARTS) is 1. The number of aromatic hydroxyl groups is 2. The van der Waals surface area contributed by atoms with Crippen LogP contribution in [0.2, 0.25) is 0 Å². The van der Waals surface area contributed by atoms with Crippen LogP contribution >= 0.6 is 0 Å². The highest BCUT2D eigenvalue weighted by Crippen LogP contribution is 2.28. The molecular formula is C26H26O8. The molecule has 0 saturated heterocycles. The van der Waals surface area contributed by atoms with Crippen molar-refractivity contribution in [3.05, 3.63) is 83.4 Å². The van der Waals surface area contributed by atoms with Gasteiger partial charge in [-0.15, -0.1) is 0 Å². The van der Waals surface area contributed by atoms with E-state index in [4.69, 9.17) is 19.3 Å². The Morgan fingerprint density at radius 2 is 1.50 bits per heavy atom. The predicted molar refractivity (Wildman–Crippen MR) is 127 cm³/mol. The first-order valence-electron chi connectivity index (χ1n) is 10.1. The second-order valence-electron chi connectivity index (χ2n) is 6.94. The smallest absolute Gasteiger partial charge is 0.328 e. The minimum Gasteiger partial charge on any atom is -0.508 e. The molecule has 34 heavy (non-hydrogen) atoms. The van der Waals surface area contributed by atoms with Gasteiger partial charge in [0, 0.05) is 18.6 Å². The number of benzene rings is 3. The van der Waals surface area contributed by atoms with Crippen LogP contribution in [-0.4, -0.2) is 48.4 Å². The molecule has 0 fully saturated rings. The molecule has 0 heterocycles. The fraction of sp³-hybridized carbons (Fsp3) is 0.154. The standard InChI is InChI=1S/C15H14O4.C11H12O4/c1-19-12-5-2-10(3-6-12)8-14(17)13-7-4-11(16)9-15(13)18;1-14-9-5-3-8(4-6-11(12)13)7-10(9)15-2/h2-7,9,16,18H,8H2,1H3;3-7H,1-2H3,(H,12,13). The van der Waals surface area contributed by atoms with Gasteiger partial charge in [0.25, 0.3) is 0 Å². The van der Waals surface area contributed by atoms with E-state index in [1.165, 1.54) is 25.3 Å². The molecule has 8 heteroatoms. The number of phenolic OH excluding ortho intramolecular Hbond substituents is 2. The number of carboxylic acids is 1. The second kappa shape index (κ2) is 12.5. The largest absolute Gasteiger partial charge is 0.508 e. The zero-order valence-electron chi connectivity index (χ0n) is 19.0. The van der Waals surface area contributed by atoms with Crippen LogP contribution in [0.1, 0.15) is 21.5 Å². The maximum absolute atomic E-state index is 12.0. The number of ketones is 1. The van der Waals surface area contributed by atoms with Crippen molar-refractivity contribution in [2.45, 2.75) is 6.42 Å². The Balaban J connectivity index is 0.000000248. The number of carbonyl (C=O) groups excluding carboxylic acids is 1. The summed E-state index contributed by atoms with van der Waals surface area (Å²) < 4.78 is 15.2. The fourth-order valence-corrected chi connectivity index (χ4v) is 2.90. The molecule has 0 saturated carbocycles. The number of methoxy groups -OCH3 is 3. The van der Waals surface area contributed by atoms with Crippen LogP contribution in [0.4, 0.5) is 0 Å². The molecule has 3 aromatic carbocycles. The summed E-state index contributed by atoms with van der Waals surface area (Å²) in [7, 11) is 4.65. The minimum atomic E-state index is -0.982. The second-order valence-corrected chi connectivity index (χ2v) is 6.94. The number of rotatable bonds is 8. The predicted octanol–water partition coefficient (Wildman–Crippen LogP) is 4.33. The molecular weight excluding hydrogens is 440 g/mol. The van der Waals surface area contributed by atoms with Crippen molar-refractivity contribution in [1.82, 2.24) is 0 Å². The van der Waals surface area contributed by atoms with E-state index in [0.717, 1.165) is 29.0 Å². The minimum absolute atomic E-state index is 0.0708. The van der Waals surface area contributed by atoms with E-state index < -0.39 is 5.97 Å². The third kappa shape index (κ3) is 7.59. The van der Waals surface area contributed by atoms with Crippen LogP contribution in [0.25, 0.3) is 6.08 Å². The van der Waals surface area contributed by atoms with Gasteiger partial charge in [-0.1, -0.05) is 18.2 Å². The van der Waals surface area contributed by atoms with Crippen LogP contribution in [0.5, 0.6) is 28.7 Å². The summed E-state index contributed by atoms with van der Waals surface area (Å²) in [5.41, 5.74) is 1.78. The monoisotopic (exact) mass is 466 g/mol. The van der Waals surface area contributed by atoms with Gasteiger partial charge in [-0.3, -0.25) is 4.79 Å². The van der Waals surface area contributed by atoms with Crippen LogP contribution in [0, 0.1) is 0 Å². The van der Waals surface area contributed by atoms with E-state index in [1.54, 1.807) is 56.7 Å². The quantitative estimate of drug-likeness (QED) is 0.331. The van der Waals surface area contributed by atoms with E-state index in [-0.39, 0.29) is 29.3 Å². The van der Waals surface area contributed by atoms with Crippen molar-refractivity contribution in [3.63, 3.8) is 0 Å². The number of carbonyl (C=O) groups is 2. The van der Waals surface area contributed by atoms with E-state index in [1.807, 2.05) is 0 Å². The molecule has 0 aromatic heterocycles. The summed E-state index contributed by atoms with van der Waals surface area (Å²) >= 11 is 0. The van der Waals surface area contributed by atoms with Gasteiger partial charge in [0.2, 0.25) is 0 Å². The third-order valence-corrected chi connectivity index (χ3v) is 4.63. The number of hydrogen-bond donors (Lipinski definition) is 3. The molecule has 178 valence electrons. The lowest BCUT2D eigenvalue weighted by molar-refractivity contribution is -0.131. The van der Waals surface area contributed by atoms with Crippen molar-refractivity contribution < 1.29 is 39.1 Å². The SMILES string of the molecule is COc1ccc(C=CC(=O)O)cc1OC.COc1ccc(CC(=O)c2ccc(O)cc2O)cc1. The van der Waals surface area contributed by atoms with Crippen molar-refractivity contribution >= 4 is 17.8 Å². The molecule has 0 unspecified atom stereocenters. The Labute approximate surface area is 197 Å². The van der Waals surface area contributed by atoms with Crippen molar-refractivity contribution in [2.75, 3.05) is 21.3 Å². The maximum Gasteiger partial charge on any atom is 0.328 e. The van der Waals surface area contributed by atoms with E-state index in [9.17, 15) is 19.8 Å². The summed E-state index contributed by atoms with van der Waals surface area (Å²) in [6, 6.07) is 16.3. The average molecular weight is 466 g/mol. The lowest BCUT2D eigenvalue weighted by atomic mass is 10.0. The molecule has 0 radical (unpaired) electrons. The van der Waals surface area contributed by atoms with Crippen LogP contribution < -0.4 is 14.2 Å². The fourth-order valence-electron chi connectivity index (χ4n) is 2.90. The third-order valence-electron chi connectivity index (χ3n) is 4.63. The van der Waals surface area contributed by atoms with Crippen molar-refractivity contribution in [1.29, 1.82) is 0 Å². The van der Waals surface area contributed by atoms with Crippen LogP contribution in [-0.2, 0) is 11.2 Å². The number of Topliss-reactive ketones (excluding diaryl/α,β-unsaturated/α-hetero) is 1. The molecule has 0 aliphatic carbocycles. The van der Waals surface area contributed by atoms with Gasteiger partial charge < -0.3 is 29.5 Å². The number of hydrogen-bond acceptors (Lipinski definition) is 7. The van der Waals surface area contributed by atoms with E-state index in [0.29, 0.717) is 11.5 Å². The normalized spacial score (nSPS) is 10.2. The van der Waals surface area contributed by atoms with Crippen LogP contribution in [0.3, 0.4) is 0 Å². The van der Waals surface area contributed by atoms with Gasteiger partial charge in [0.05, 0.1) is 26.9 Å². The topological polar surface area (TPSA) is 123 Å². The van der Waals surface area contributed by atoms with Gasteiger partial charge in [0.15, 0.2) is 17.3 Å². The van der Waals surface area contributed by atoms with Gasteiger partial charge in [-0.2, -0.15) is 0 Å². The first kappa shape index (κ1) is 25.8. The molecule has 8 nitrogen and oxygen atoms in total. The van der Waals surface area contributed by atoms with Crippen molar-refractivity contribution in [3.8, 4) is 28.7 Å². The zero-order chi connectivity index (χ0) is 25.1. The molecule has 0 amide bonds. The molecule has 3 rings (SSSR count). The highest BCUT2D eigenvalue weighted by atomic mass is 16.5. The Bertz CT molecular complexity index is 1150. The number of aliphatic carboxylic acids is 1. The lowest BCUT2D eigenvalue weighted by Crippen LogP contribution is -2.03. The molecule has 0 aliphatic rings. The van der Waals surface area contributed by atoms with Gasteiger partial charge >= 0.3 is 5.97 Å². The van der Waals surface area contributed by atoms with Gasteiger partial charge in [-0.25, -0.2) is 4.79 Å². The van der Waals surface area contributed by atoms with E-state index >= 15 is 0 Å². The summed E-state index contributed by atoms with van der Waals surface area (Å²) in [6.07, 6.45) is 2.74. The van der Waals surface area contributed by atoms with E-state index in [2.05, 4.69) is 0 Å². The molecule has 0 aliphatic heterocycles. The van der Waals surface area contributed by atoms with Crippen molar-refractivity contribution in [2.24, 2.45) is 0 Å². The highest BCUT2D eigenvalue weighted by molar-refractivity contribution is 6.00. The van der Waals surface area contributed by atoms with Gasteiger partial charge in [-0.05, 0) is 53.6 Å². The first-order valence-corrected chi connectivity index (χ1v) is 10.1.